The minimum atomic E-state index is -0.727. The second-order valence-electron chi connectivity index (χ2n) is 7.07. The van der Waals surface area contributed by atoms with Gasteiger partial charge >= 0.3 is 0 Å². The Bertz CT molecular complexity index is 696. The van der Waals surface area contributed by atoms with Crippen LogP contribution in [0.3, 0.4) is 0 Å². The lowest BCUT2D eigenvalue weighted by atomic mass is 9.92. The Morgan fingerprint density at radius 1 is 1.32 bits per heavy atom. The van der Waals surface area contributed by atoms with Gasteiger partial charge in [0, 0.05) is 23.8 Å². The maximum atomic E-state index is 12.5. The first-order chi connectivity index (χ1) is 11.9. The Morgan fingerprint density at radius 3 is 2.72 bits per heavy atom. The highest BCUT2D eigenvalue weighted by Crippen LogP contribution is 2.22. The Labute approximate surface area is 152 Å². The number of rotatable bonds is 2. The molecule has 0 spiro atoms. The number of piperidine rings is 1. The van der Waals surface area contributed by atoms with E-state index in [1.165, 1.54) is 0 Å². The zero-order valence-corrected chi connectivity index (χ0v) is 15.2. The lowest BCUT2D eigenvalue weighted by Gasteiger charge is -2.38. The minimum Gasteiger partial charge on any atom is -0.342 e. The molecule has 1 aromatic rings. The minimum absolute atomic E-state index is 0.0504. The molecule has 1 aromatic carbocycles. The summed E-state index contributed by atoms with van der Waals surface area (Å²) in [6, 6.07) is 6.19. The number of benzene rings is 1. The van der Waals surface area contributed by atoms with Crippen molar-refractivity contribution in [3.63, 3.8) is 0 Å². The molecule has 6 nitrogen and oxygen atoms in total. The number of nitrogens with one attached hydrogen (secondary N) is 2. The van der Waals surface area contributed by atoms with E-state index in [2.05, 4.69) is 34.4 Å². The van der Waals surface area contributed by atoms with Crippen molar-refractivity contribution in [2.45, 2.75) is 32.7 Å². The highest BCUT2D eigenvalue weighted by Gasteiger charge is 2.32. The molecule has 0 unspecified atom stereocenters. The summed E-state index contributed by atoms with van der Waals surface area (Å²) < 4.78 is 0. The summed E-state index contributed by atoms with van der Waals surface area (Å²) in [5, 5.41) is 6.15. The molecule has 0 radical (unpaired) electrons. The van der Waals surface area contributed by atoms with Crippen LogP contribution in [-0.4, -0.2) is 41.8 Å². The number of hydrogen-bond donors (Lipinski definition) is 2. The van der Waals surface area contributed by atoms with Crippen LogP contribution in [0.1, 0.15) is 26.7 Å². The van der Waals surface area contributed by atoms with E-state index >= 15 is 0 Å². The monoisotopic (exact) mass is 362 g/mol. The summed E-state index contributed by atoms with van der Waals surface area (Å²) in [4.78, 5) is 31.2. The van der Waals surface area contributed by atoms with Crippen LogP contribution in [0.5, 0.6) is 0 Å². The number of likely N-dealkylation sites (tertiary alicyclic amines) is 1. The van der Waals surface area contributed by atoms with Crippen LogP contribution < -0.4 is 10.6 Å². The highest BCUT2D eigenvalue weighted by molar-refractivity contribution is 6.30. The van der Waals surface area contributed by atoms with Gasteiger partial charge in [-0.2, -0.15) is 0 Å². The lowest BCUT2D eigenvalue weighted by Crippen LogP contribution is -2.54. The number of nitrogens with zero attached hydrogens (tertiary/aromatic N) is 2. The van der Waals surface area contributed by atoms with Gasteiger partial charge in [0.15, 0.2) is 0 Å². The number of carbonyl (C=O) groups excluding carboxylic acids is 2. The van der Waals surface area contributed by atoms with Crippen LogP contribution >= 0.6 is 11.6 Å². The zero-order chi connectivity index (χ0) is 18.0. The van der Waals surface area contributed by atoms with Gasteiger partial charge in [0.25, 0.3) is 0 Å². The Kier molecular flexibility index (Phi) is 5.27. The van der Waals surface area contributed by atoms with Gasteiger partial charge in [0.2, 0.25) is 17.8 Å². The summed E-state index contributed by atoms with van der Waals surface area (Å²) in [6.07, 6.45) is 1.21. The lowest BCUT2D eigenvalue weighted by molar-refractivity contribution is -0.125. The average molecular weight is 363 g/mol. The molecule has 2 heterocycles. The molecule has 2 N–H and O–H groups in total. The third-order valence-corrected chi connectivity index (χ3v) is 4.71. The average Bonchev–Trinajstić information content (AvgIpc) is 2.53. The molecule has 2 amide bonds. The van der Waals surface area contributed by atoms with Crippen molar-refractivity contribution in [1.82, 2.24) is 10.2 Å². The highest BCUT2D eigenvalue weighted by atomic mass is 35.5. The van der Waals surface area contributed by atoms with Crippen molar-refractivity contribution < 1.29 is 9.59 Å². The Hall–Kier alpha value is -2.08. The van der Waals surface area contributed by atoms with Crippen molar-refractivity contribution in [3.8, 4) is 0 Å². The number of amides is 2. The molecule has 3 rings (SSSR count). The van der Waals surface area contributed by atoms with E-state index in [1.807, 2.05) is 0 Å². The number of anilines is 1. The summed E-state index contributed by atoms with van der Waals surface area (Å²) in [7, 11) is 0. The number of hydrogen-bond acceptors (Lipinski definition) is 4. The Balaban J connectivity index is 1.74. The number of carbonyl (C=O) groups is 2. The van der Waals surface area contributed by atoms with Crippen molar-refractivity contribution in [3.05, 3.63) is 29.3 Å². The normalized spacial score (nSPS) is 26.7. The molecular formula is C18H23ClN4O2. The summed E-state index contributed by atoms with van der Waals surface area (Å²) in [5.74, 6) is 1.10. The van der Waals surface area contributed by atoms with Gasteiger partial charge in [-0.05, 0) is 36.5 Å². The third-order valence-electron chi connectivity index (χ3n) is 4.47. The maximum absolute atomic E-state index is 12.5. The molecule has 7 heteroatoms. The quantitative estimate of drug-likeness (QED) is 0.848. The van der Waals surface area contributed by atoms with Gasteiger partial charge in [0.1, 0.15) is 6.04 Å². The molecule has 2 aliphatic heterocycles. The van der Waals surface area contributed by atoms with Gasteiger partial charge in [-0.1, -0.05) is 31.5 Å². The predicted molar refractivity (Wildman–Crippen MR) is 98.6 cm³/mol. The van der Waals surface area contributed by atoms with Gasteiger partial charge in [-0.25, -0.2) is 4.99 Å². The van der Waals surface area contributed by atoms with E-state index in [9.17, 15) is 9.59 Å². The second-order valence-corrected chi connectivity index (χ2v) is 7.51. The summed E-state index contributed by atoms with van der Waals surface area (Å²) >= 11 is 5.94. The molecule has 134 valence electrons. The van der Waals surface area contributed by atoms with Crippen molar-refractivity contribution in [1.29, 1.82) is 0 Å². The molecule has 0 bridgehead atoms. The molecule has 1 saturated heterocycles. The molecular weight excluding hydrogens is 340 g/mol. The van der Waals surface area contributed by atoms with Gasteiger partial charge in [0.05, 0.1) is 6.42 Å². The number of guanidine groups is 1. The van der Waals surface area contributed by atoms with Gasteiger partial charge < -0.3 is 10.2 Å². The van der Waals surface area contributed by atoms with Crippen LogP contribution in [0, 0.1) is 11.8 Å². The number of aliphatic imine (C=N–C) groups is 1. The Morgan fingerprint density at radius 2 is 2.04 bits per heavy atom. The van der Waals surface area contributed by atoms with E-state index in [-0.39, 0.29) is 18.2 Å². The molecule has 2 aliphatic rings. The van der Waals surface area contributed by atoms with Crippen LogP contribution in [0.15, 0.2) is 29.3 Å². The van der Waals surface area contributed by atoms with Crippen LogP contribution in [0.25, 0.3) is 0 Å². The van der Waals surface area contributed by atoms with Crippen molar-refractivity contribution in [2.75, 3.05) is 18.4 Å². The first-order valence-electron chi connectivity index (χ1n) is 8.59. The molecule has 1 fully saturated rings. The van der Waals surface area contributed by atoms with E-state index in [4.69, 9.17) is 11.6 Å². The van der Waals surface area contributed by atoms with Crippen molar-refractivity contribution in [2.24, 2.45) is 16.8 Å². The molecule has 0 aromatic heterocycles. The topological polar surface area (TPSA) is 73.8 Å². The predicted octanol–water partition coefficient (Wildman–Crippen LogP) is 2.50. The van der Waals surface area contributed by atoms with Crippen LogP contribution in [0.4, 0.5) is 5.69 Å². The maximum Gasteiger partial charge on any atom is 0.249 e. The second kappa shape index (κ2) is 7.44. The first kappa shape index (κ1) is 17.7. The summed E-state index contributed by atoms with van der Waals surface area (Å²) in [6.45, 7) is 6.06. The van der Waals surface area contributed by atoms with Gasteiger partial charge in [-0.15, -0.1) is 0 Å². The molecule has 25 heavy (non-hydrogen) atoms. The smallest absolute Gasteiger partial charge is 0.249 e. The van der Waals surface area contributed by atoms with Crippen molar-refractivity contribution >= 4 is 35.1 Å². The molecule has 0 aliphatic carbocycles. The fourth-order valence-corrected chi connectivity index (χ4v) is 3.71. The zero-order valence-electron chi connectivity index (χ0n) is 14.5. The first-order valence-corrected chi connectivity index (χ1v) is 8.97. The largest absolute Gasteiger partial charge is 0.342 e. The van der Waals surface area contributed by atoms with E-state index in [0.29, 0.717) is 28.5 Å². The van der Waals surface area contributed by atoms with Crippen LogP contribution in [-0.2, 0) is 9.59 Å². The fourth-order valence-electron chi connectivity index (χ4n) is 3.52. The van der Waals surface area contributed by atoms with Gasteiger partial charge in [-0.3, -0.25) is 14.9 Å². The SMILES string of the molecule is C[C@@H]1C[C@@H](C)CN(C2=N[C@H](C(=O)Nc3cccc(Cl)c3)CC(=O)N2)C1. The van der Waals surface area contributed by atoms with E-state index in [0.717, 1.165) is 19.5 Å². The van der Waals surface area contributed by atoms with E-state index in [1.54, 1.807) is 24.3 Å². The standard InChI is InChI=1S/C18H23ClN4O2/c1-11-6-12(2)10-23(9-11)18-21-15(8-16(24)22-18)17(25)20-14-5-3-4-13(19)7-14/h3-5,7,11-12,15H,6,8-10H2,1-2H3,(H,20,25)(H,21,22,24)/t11-,12-,15+/m1/s1. The van der Waals surface area contributed by atoms with E-state index < -0.39 is 6.04 Å². The van der Waals surface area contributed by atoms with Crippen LogP contribution in [0.2, 0.25) is 5.02 Å². The number of halogens is 1. The molecule has 3 atom stereocenters. The third kappa shape index (κ3) is 4.51. The summed E-state index contributed by atoms with van der Waals surface area (Å²) in [5.41, 5.74) is 0.598. The molecule has 0 saturated carbocycles. The fraction of sp³-hybridized carbons (Fsp3) is 0.500.